The Labute approximate surface area is 66.5 Å². The Morgan fingerprint density at radius 1 is 1.55 bits per heavy atom. The molecule has 0 spiro atoms. The van der Waals surface area contributed by atoms with Gasteiger partial charge in [0, 0.05) is 0 Å². The van der Waals surface area contributed by atoms with Crippen LogP contribution in [-0.4, -0.2) is 30.5 Å². The molecular weight excluding hydrogens is 144 g/mol. The van der Waals surface area contributed by atoms with Crippen molar-refractivity contribution in [1.82, 2.24) is 5.32 Å². The summed E-state index contributed by atoms with van der Waals surface area (Å²) < 4.78 is 0.696. The molecule has 0 saturated heterocycles. The number of carbonyl (C=O) groups excluding carboxylic acids is 1. The molecule has 0 heterocycles. The lowest BCUT2D eigenvalue weighted by molar-refractivity contribution is -0.419. The minimum atomic E-state index is -0.171. The molecule has 64 valence electrons. The van der Waals surface area contributed by atoms with E-state index in [-0.39, 0.29) is 12.0 Å². The molecule has 4 heteroatoms. The van der Waals surface area contributed by atoms with Crippen LogP contribution in [0.1, 0.15) is 13.8 Å². The van der Waals surface area contributed by atoms with Crippen molar-refractivity contribution in [3.8, 4) is 0 Å². The van der Waals surface area contributed by atoms with Gasteiger partial charge in [-0.05, 0) is 5.92 Å². The molecule has 0 fully saturated rings. The van der Waals surface area contributed by atoms with Gasteiger partial charge in [-0.1, -0.05) is 13.8 Å². The van der Waals surface area contributed by atoms with Gasteiger partial charge in [0.1, 0.15) is 13.1 Å². The fourth-order valence-electron chi connectivity index (χ4n) is 0.712. The molecule has 0 aromatic heterocycles. The first-order chi connectivity index (χ1) is 5.07. The summed E-state index contributed by atoms with van der Waals surface area (Å²) in [5, 5.41) is 13.1. The summed E-state index contributed by atoms with van der Waals surface area (Å²) in [4.78, 5) is 10.0. The fourth-order valence-corrected chi connectivity index (χ4v) is 0.712. The molecule has 0 rings (SSSR count). The van der Waals surface area contributed by atoms with Crippen molar-refractivity contribution in [3.05, 3.63) is 5.21 Å². The number of nitrogens with one attached hydrogen (secondary N) is 1. The van der Waals surface area contributed by atoms with E-state index in [4.69, 9.17) is 0 Å². The van der Waals surface area contributed by atoms with Crippen LogP contribution < -0.4 is 5.32 Å². The maximum absolute atomic E-state index is 10.5. The molecule has 0 aliphatic heterocycles. The Morgan fingerprint density at radius 3 is 2.36 bits per heavy atom. The monoisotopic (exact) mass is 158 g/mol. The van der Waals surface area contributed by atoms with Gasteiger partial charge in [0.25, 0.3) is 0 Å². The molecule has 0 bridgehead atoms. The van der Waals surface area contributed by atoms with Crippen molar-refractivity contribution in [2.45, 2.75) is 19.9 Å². The maximum Gasteiger partial charge on any atom is 0.207 e. The molecule has 0 unspecified atom stereocenters. The molecule has 0 aliphatic rings. The molecule has 1 atom stereocenters. The molecule has 0 saturated carbocycles. The minimum absolute atomic E-state index is 0.171. The number of hydrogen-bond donors (Lipinski definition) is 1. The van der Waals surface area contributed by atoms with Gasteiger partial charge in [0.15, 0.2) is 6.21 Å². The highest BCUT2D eigenvalue weighted by Crippen LogP contribution is 1.96. The molecule has 4 nitrogen and oxygen atoms in total. The first-order valence-corrected chi connectivity index (χ1v) is 3.52. The Bertz CT molecular complexity index is 151. The molecule has 11 heavy (non-hydrogen) atoms. The van der Waals surface area contributed by atoms with Gasteiger partial charge in [-0.3, -0.25) is 4.79 Å². The van der Waals surface area contributed by atoms with Crippen LogP contribution in [0.25, 0.3) is 0 Å². The van der Waals surface area contributed by atoms with Crippen LogP contribution in [0.5, 0.6) is 0 Å². The number of nitrogens with zero attached hydrogens (tertiary/aromatic N) is 1. The normalized spacial score (nSPS) is 14.7. The second-order valence-corrected chi connectivity index (χ2v) is 2.75. The number of hydrogen-bond acceptors (Lipinski definition) is 2. The zero-order valence-electron chi connectivity index (χ0n) is 7.07. The molecule has 1 amide bonds. The first kappa shape index (κ1) is 9.94. The SMILES string of the molecule is CC(C)[C@@H](/C=[N+](/C)[O-])NC=O. The van der Waals surface area contributed by atoms with Crippen molar-refractivity contribution >= 4 is 12.6 Å². The Hall–Kier alpha value is -1.06. The fraction of sp³-hybridized carbons (Fsp3) is 0.714. The lowest BCUT2D eigenvalue weighted by atomic mass is 10.1. The number of hydroxylamine groups is 1. The van der Waals surface area contributed by atoms with Gasteiger partial charge in [0.2, 0.25) is 6.41 Å². The number of carbonyl (C=O) groups is 1. The molecule has 0 aromatic carbocycles. The Kier molecular flexibility index (Phi) is 4.26. The van der Waals surface area contributed by atoms with Crippen molar-refractivity contribution in [2.75, 3.05) is 7.05 Å². The van der Waals surface area contributed by atoms with Gasteiger partial charge in [0.05, 0.1) is 0 Å². The highest BCUT2D eigenvalue weighted by atomic mass is 16.5. The highest BCUT2D eigenvalue weighted by molar-refractivity contribution is 5.64. The average molecular weight is 158 g/mol. The molecule has 1 N–H and O–H groups in total. The van der Waals surface area contributed by atoms with Gasteiger partial charge in [-0.15, -0.1) is 0 Å². The largest absolute Gasteiger partial charge is 0.624 e. The van der Waals surface area contributed by atoms with E-state index in [0.29, 0.717) is 11.1 Å². The van der Waals surface area contributed by atoms with E-state index < -0.39 is 0 Å². The maximum atomic E-state index is 10.5. The van der Waals surface area contributed by atoms with Crippen molar-refractivity contribution in [3.63, 3.8) is 0 Å². The van der Waals surface area contributed by atoms with Gasteiger partial charge < -0.3 is 10.5 Å². The quantitative estimate of drug-likeness (QED) is 0.205. The molecule has 0 aliphatic carbocycles. The number of rotatable bonds is 4. The molecular formula is C7H14N2O2. The predicted molar refractivity (Wildman–Crippen MR) is 43.4 cm³/mol. The van der Waals surface area contributed by atoms with E-state index in [2.05, 4.69) is 5.32 Å². The van der Waals surface area contributed by atoms with E-state index in [0.717, 1.165) is 0 Å². The van der Waals surface area contributed by atoms with Gasteiger partial charge in [-0.25, -0.2) is 4.74 Å². The Balaban J connectivity index is 4.10. The summed E-state index contributed by atoms with van der Waals surface area (Å²) in [7, 11) is 1.39. The van der Waals surface area contributed by atoms with E-state index in [9.17, 15) is 10.0 Å². The lowest BCUT2D eigenvalue weighted by Gasteiger charge is -2.13. The van der Waals surface area contributed by atoms with Crippen molar-refractivity contribution in [1.29, 1.82) is 0 Å². The summed E-state index contributed by atoms with van der Waals surface area (Å²) >= 11 is 0. The third kappa shape index (κ3) is 4.36. The average Bonchev–Trinajstić information content (AvgIpc) is 1.86. The topological polar surface area (TPSA) is 55.2 Å². The predicted octanol–water partition coefficient (Wildman–Crippen LogP) is -0.0321. The van der Waals surface area contributed by atoms with Gasteiger partial charge in [-0.2, -0.15) is 0 Å². The van der Waals surface area contributed by atoms with E-state index >= 15 is 0 Å². The molecule has 0 aromatic rings. The zero-order valence-corrected chi connectivity index (χ0v) is 7.07. The van der Waals surface area contributed by atoms with Crippen LogP contribution >= 0.6 is 0 Å². The number of amides is 1. The highest BCUT2D eigenvalue weighted by Gasteiger charge is 2.11. The first-order valence-electron chi connectivity index (χ1n) is 3.52. The van der Waals surface area contributed by atoms with E-state index in [1.807, 2.05) is 13.8 Å². The Morgan fingerprint density at radius 2 is 2.09 bits per heavy atom. The summed E-state index contributed by atoms with van der Waals surface area (Å²) in [6.45, 7) is 3.86. The van der Waals surface area contributed by atoms with Crippen LogP contribution in [0, 0.1) is 11.1 Å². The van der Waals surface area contributed by atoms with E-state index in [1.165, 1.54) is 13.3 Å². The van der Waals surface area contributed by atoms with Crippen LogP contribution in [0.4, 0.5) is 0 Å². The summed E-state index contributed by atoms with van der Waals surface area (Å²) in [6.07, 6.45) is 2.03. The lowest BCUT2D eigenvalue weighted by Crippen LogP contribution is -2.36. The summed E-state index contributed by atoms with van der Waals surface area (Å²) in [5.74, 6) is 0.233. The van der Waals surface area contributed by atoms with Crippen molar-refractivity contribution < 1.29 is 9.53 Å². The van der Waals surface area contributed by atoms with Crippen LogP contribution in [0.15, 0.2) is 0 Å². The van der Waals surface area contributed by atoms with Crippen LogP contribution in [-0.2, 0) is 4.79 Å². The third-order valence-corrected chi connectivity index (χ3v) is 1.35. The third-order valence-electron chi connectivity index (χ3n) is 1.35. The van der Waals surface area contributed by atoms with Crippen LogP contribution in [0.3, 0.4) is 0 Å². The zero-order chi connectivity index (χ0) is 8.85. The second kappa shape index (κ2) is 4.71. The second-order valence-electron chi connectivity index (χ2n) is 2.75. The summed E-state index contributed by atoms with van der Waals surface area (Å²) in [6, 6.07) is -0.171. The van der Waals surface area contributed by atoms with Crippen molar-refractivity contribution in [2.24, 2.45) is 5.92 Å². The standard InChI is InChI=1S/C7H14N2O2/c1-6(2)7(8-5-10)4-9(3)11/h4-7H,1-3H3,(H,8,10)/b9-4-/t7-/m1/s1. The summed E-state index contributed by atoms with van der Waals surface area (Å²) in [5.41, 5.74) is 0. The van der Waals surface area contributed by atoms with E-state index in [1.54, 1.807) is 0 Å². The smallest absolute Gasteiger partial charge is 0.207 e. The van der Waals surface area contributed by atoms with Gasteiger partial charge >= 0.3 is 0 Å². The molecule has 0 radical (unpaired) electrons. The minimum Gasteiger partial charge on any atom is -0.624 e. The van der Waals surface area contributed by atoms with Crippen LogP contribution in [0.2, 0.25) is 0 Å².